The number of nitrogens with zero attached hydrogens (tertiary/aromatic N) is 2. The fourth-order valence-corrected chi connectivity index (χ4v) is 4.11. The molecular formula is C20H22N5O3+. The topological polar surface area (TPSA) is 121 Å². The van der Waals surface area contributed by atoms with Gasteiger partial charge in [0.05, 0.1) is 12.1 Å². The van der Waals surface area contributed by atoms with E-state index in [4.69, 9.17) is 9.47 Å². The smallest absolute Gasteiger partial charge is 0.317 e. The van der Waals surface area contributed by atoms with Crippen molar-refractivity contribution in [3.63, 3.8) is 0 Å². The average molecular weight is 380 g/mol. The number of hydrogen-bond donors (Lipinski definition) is 3. The summed E-state index contributed by atoms with van der Waals surface area (Å²) in [5.74, 6) is -1.40. The van der Waals surface area contributed by atoms with Crippen molar-refractivity contribution in [1.82, 2.24) is 5.32 Å². The summed E-state index contributed by atoms with van der Waals surface area (Å²) in [4.78, 5) is 15.6. The summed E-state index contributed by atoms with van der Waals surface area (Å²) in [5, 5.41) is 25.8. The van der Waals surface area contributed by atoms with E-state index in [1.807, 2.05) is 19.1 Å². The Morgan fingerprint density at radius 2 is 1.82 bits per heavy atom. The Bertz CT molecular complexity index is 923. The van der Waals surface area contributed by atoms with E-state index in [1.54, 1.807) is 24.3 Å². The normalized spacial score (nSPS) is 27.5. The van der Waals surface area contributed by atoms with Crippen LogP contribution in [0.4, 0.5) is 10.5 Å². The summed E-state index contributed by atoms with van der Waals surface area (Å²) in [7, 11) is 2.80. The maximum Gasteiger partial charge on any atom is 0.410 e. The lowest BCUT2D eigenvalue weighted by atomic mass is 9.57. The monoisotopic (exact) mass is 380 g/mol. The summed E-state index contributed by atoms with van der Waals surface area (Å²) in [5.41, 5.74) is -1.20. The molecule has 2 atom stereocenters. The van der Waals surface area contributed by atoms with Crippen LogP contribution in [0.3, 0.4) is 0 Å². The second-order valence-corrected chi connectivity index (χ2v) is 6.94. The molecule has 8 nitrogen and oxygen atoms in total. The Labute approximate surface area is 163 Å². The van der Waals surface area contributed by atoms with Gasteiger partial charge < -0.3 is 9.47 Å². The number of hydrogen-bond acceptors (Lipinski definition) is 5. The molecule has 0 bridgehead atoms. The first-order valence-corrected chi connectivity index (χ1v) is 8.79. The first kappa shape index (κ1) is 19.6. The Morgan fingerprint density at radius 1 is 1.14 bits per heavy atom. The Hall–Kier alpha value is -3.20. The highest BCUT2D eigenvalue weighted by atomic mass is 16.7. The van der Waals surface area contributed by atoms with E-state index >= 15 is 0 Å². The quantitative estimate of drug-likeness (QED) is 0.534. The third kappa shape index (κ3) is 2.58. The van der Waals surface area contributed by atoms with Crippen LogP contribution < -0.4 is 15.6 Å². The molecule has 1 heterocycles. The van der Waals surface area contributed by atoms with Crippen molar-refractivity contribution in [3.8, 4) is 12.1 Å². The molecule has 0 saturated carbocycles. The minimum absolute atomic E-state index is 0.182. The number of para-hydroxylation sites is 1. The number of rotatable bonds is 3. The van der Waals surface area contributed by atoms with Crippen molar-refractivity contribution in [2.45, 2.75) is 25.7 Å². The van der Waals surface area contributed by atoms with Gasteiger partial charge in [-0.05, 0) is 25.5 Å². The molecule has 2 amide bonds. The Kier molecular flexibility index (Phi) is 4.95. The van der Waals surface area contributed by atoms with E-state index in [0.29, 0.717) is 5.69 Å². The standard InChI is InChI=1S/C20H21N5O3/c1-14-9-10-19(13-22)18(11-14,12-21)16(25-20(19,27-2)28-3)24-17(26)23-15-7-5-4-6-8-15/h4-9H,10-11H2,1-3H3,(H2,23,24,25,26)/p+1/t18-,19+/m1/s1. The van der Waals surface area contributed by atoms with Crippen molar-refractivity contribution < 1.29 is 19.3 Å². The molecule has 1 aliphatic heterocycles. The van der Waals surface area contributed by atoms with E-state index in [1.165, 1.54) is 14.2 Å². The van der Waals surface area contributed by atoms with Gasteiger partial charge in [0.1, 0.15) is 0 Å². The first-order chi connectivity index (χ1) is 13.4. The van der Waals surface area contributed by atoms with Gasteiger partial charge in [0.25, 0.3) is 5.84 Å². The van der Waals surface area contributed by atoms with Crippen LogP contribution in [0.15, 0.2) is 42.0 Å². The summed E-state index contributed by atoms with van der Waals surface area (Å²) in [6.07, 6.45) is 2.41. The minimum Gasteiger partial charge on any atom is -0.317 e. The Morgan fingerprint density at radius 3 is 2.39 bits per heavy atom. The zero-order valence-electron chi connectivity index (χ0n) is 16.0. The van der Waals surface area contributed by atoms with Gasteiger partial charge in [0.15, 0.2) is 10.8 Å². The number of nitrogens with one attached hydrogen (secondary N) is 3. The van der Waals surface area contributed by atoms with Crippen LogP contribution in [0.25, 0.3) is 0 Å². The van der Waals surface area contributed by atoms with Crippen LogP contribution >= 0.6 is 0 Å². The fraction of sp³-hybridized carbons (Fsp3) is 0.400. The highest BCUT2D eigenvalue weighted by Gasteiger charge is 2.78. The number of amides is 2. The predicted octanol–water partition coefficient (Wildman–Crippen LogP) is 1.01. The number of anilines is 1. The number of ether oxygens (including phenoxy) is 2. The van der Waals surface area contributed by atoms with E-state index in [2.05, 4.69) is 27.8 Å². The molecule has 0 fully saturated rings. The number of benzene rings is 1. The molecule has 144 valence electrons. The van der Waals surface area contributed by atoms with E-state index < -0.39 is 22.8 Å². The molecule has 0 unspecified atom stereocenters. The number of methoxy groups -OCH3 is 2. The van der Waals surface area contributed by atoms with Crippen molar-refractivity contribution >= 4 is 17.6 Å². The number of carbonyl (C=O) groups excluding carboxylic acids is 1. The zero-order valence-corrected chi connectivity index (χ0v) is 16.0. The molecule has 28 heavy (non-hydrogen) atoms. The first-order valence-electron chi connectivity index (χ1n) is 8.79. The summed E-state index contributed by atoms with van der Waals surface area (Å²) < 4.78 is 11.2. The number of allylic oxidation sites excluding steroid dienone is 2. The van der Waals surface area contributed by atoms with Gasteiger partial charge in [-0.25, -0.2) is 9.79 Å². The molecule has 2 aliphatic rings. The van der Waals surface area contributed by atoms with Crippen molar-refractivity contribution in [2.24, 2.45) is 10.8 Å². The minimum atomic E-state index is -1.58. The molecular weight excluding hydrogens is 358 g/mol. The van der Waals surface area contributed by atoms with Crippen molar-refractivity contribution in [3.05, 3.63) is 42.0 Å². The molecule has 1 aromatic rings. The molecule has 0 saturated heterocycles. The van der Waals surface area contributed by atoms with Crippen LogP contribution in [-0.2, 0) is 9.47 Å². The van der Waals surface area contributed by atoms with Gasteiger partial charge >= 0.3 is 11.9 Å². The van der Waals surface area contributed by atoms with Gasteiger partial charge in [-0.3, -0.25) is 5.32 Å². The van der Waals surface area contributed by atoms with Crippen LogP contribution in [0.5, 0.6) is 0 Å². The summed E-state index contributed by atoms with van der Waals surface area (Å²) in [6, 6.07) is 12.9. The summed E-state index contributed by atoms with van der Waals surface area (Å²) in [6.45, 7) is 1.89. The lowest BCUT2D eigenvalue weighted by Crippen LogP contribution is -2.90. The highest BCUT2D eigenvalue weighted by Crippen LogP contribution is 2.56. The maximum atomic E-state index is 12.6. The zero-order chi connectivity index (χ0) is 20.4. The molecule has 1 aromatic carbocycles. The number of nitriles is 2. The second-order valence-electron chi connectivity index (χ2n) is 6.94. The Balaban J connectivity index is 2.04. The molecule has 3 rings (SSSR count). The van der Waals surface area contributed by atoms with Crippen LogP contribution in [0.1, 0.15) is 19.8 Å². The van der Waals surface area contributed by atoms with Gasteiger partial charge in [0.2, 0.25) is 0 Å². The molecule has 1 aliphatic carbocycles. The molecule has 0 radical (unpaired) electrons. The van der Waals surface area contributed by atoms with E-state index in [0.717, 1.165) is 5.57 Å². The fourth-order valence-electron chi connectivity index (χ4n) is 4.11. The third-order valence-corrected chi connectivity index (χ3v) is 5.53. The van der Waals surface area contributed by atoms with Crippen molar-refractivity contribution in [1.29, 1.82) is 10.5 Å². The molecule has 8 heteroatoms. The predicted molar refractivity (Wildman–Crippen MR) is 100 cm³/mol. The van der Waals surface area contributed by atoms with Crippen LogP contribution in [0, 0.1) is 33.5 Å². The van der Waals surface area contributed by atoms with Gasteiger partial charge in [0, 0.05) is 26.3 Å². The number of fused-ring (bicyclic) bond motifs is 1. The highest BCUT2D eigenvalue weighted by molar-refractivity contribution is 6.05. The van der Waals surface area contributed by atoms with Crippen LogP contribution in [0.2, 0.25) is 0 Å². The van der Waals surface area contributed by atoms with E-state index in [-0.39, 0.29) is 18.7 Å². The summed E-state index contributed by atoms with van der Waals surface area (Å²) >= 11 is 0. The largest absolute Gasteiger partial charge is 0.410 e. The van der Waals surface area contributed by atoms with Gasteiger partial charge in [-0.1, -0.05) is 29.8 Å². The number of urea groups is 1. The van der Waals surface area contributed by atoms with Crippen LogP contribution in [-0.4, -0.2) is 32.0 Å². The second kappa shape index (κ2) is 7.08. The number of carbonyl (C=O) groups is 1. The lowest BCUT2D eigenvalue weighted by molar-refractivity contribution is -0.691. The molecule has 0 spiro atoms. The maximum absolute atomic E-state index is 12.6. The number of amidine groups is 1. The molecule has 0 aromatic heterocycles. The SMILES string of the molecule is COC1(OC)[NH+]=C(NC(=O)Nc2ccccc2)[C@]2(C#N)CC(C)=CC[C@@]12C#N. The molecule has 3 N–H and O–H groups in total. The van der Waals surface area contributed by atoms with Gasteiger partial charge in [-0.15, -0.1) is 0 Å². The third-order valence-electron chi connectivity index (χ3n) is 5.53. The average Bonchev–Trinajstić information content (AvgIpc) is 2.95. The van der Waals surface area contributed by atoms with Gasteiger partial charge in [-0.2, -0.15) is 15.8 Å². The van der Waals surface area contributed by atoms with Crippen molar-refractivity contribution in [2.75, 3.05) is 19.5 Å². The lowest BCUT2D eigenvalue weighted by Gasteiger charge is -2.42. The van der Waals surface area contributed by atoms with E-state index in [9.17, 15) is 15.3 Å².